The van der Waals surface area contributed by atoms with Crippen LogP contribution in [0.5, 0.6) is 0 Å². The van der Waals surface area contributed by atoms with Crippen molar-refractivity contribution in [3.63, 3.8) is 0 Å². The van der Waals surface area contributed by atoms with E-state index in [0.29, 0.717) is 0 Å². The molecule has 2 atom stereocenters. The minimum atomic E-state index is -1.42. The molecule has 0 aliphatic rings. The summed E-state index contributed by atoms with van der Waals surface area (Å²) in [5, 5.41) is 23.3. The largest absolute Gasteiger partial charge is 1.00 e. The van der Waals surface area contributed by atoms with Crippen molar-refractivity contribution in [2.45, 2.75) is 31.3 Å². The zero-order valence-corrected chi connectivity index (χ0v) is 15.7. The Bertz CT molecular complexity index is 782. The normalized spacial score (nSPS) is 13.4. The molecule has 0 radical (unpaired) electrons. The minimum absolute atomic E-state index is 0. The van der Waals surface area contributed by atoms with Crippen molar-refractivity contribution in [2.75, 3.05) is 0 Å². The fraction of sp³-hybridized carbons (Fsp3) is 0.312. The molecule has 0 spiro atoms. The van der Waals surface area contributed by atoms with E-state index >= 15 is 0 Å². The number of carboxylic acid groups (broad SMARTS) is 2. The van der Waals surface area contributed by atoms with E-state index in [2.05, 4.69) is 10.3 Å². The average Bonchev–Trinajstić information content (AvgIpc) is 2.97. The first kappa shape index (κ1) is 19.5. The first-order valence-corrected chi connectivity index (χ1v) is 7.37. The van der Waals surface area contributed by atoms with Gasteiger partial charge in [0, 0.05) is 29.9 Å². The van der Waals surface area contributed by atoms with Crippen LogP contribution in [0.3, 0.4) is 0 Å². The third-order valence-electron chi connectivity index (χ3n) is 3.68. The summed E-state index contributed by atoms with van der Waals surface area (Å²) in [5.74, 6) is -3.29. The van der Waals surface area contributed by atoms with Crippen LogP contribution in [0.25, 0.3) is 10.9 Å². The van der Waals surface area contributed by atoms with E-state index in [1.54, 1.807) is 6.20 Å². The van der Waals surface area contributed by atoms with Crippen LogP contribution in [-0.4, -0.2) is 40.0 Å². The number of H-pyrrole nitrogens is 1. The quantitative estimate of drug-likeness (QED) is 0.338. The number of benzene rings is 1. The second-order valence-electron chi connectivity index (χ2n) is 5.43. The number of hydrogen-bond acceptors (Lipinski definition) is 5. The summed E-state index contributed by atoms with van der Waals surface area (Å²) < 4.78 is 6.88. The molecule has 2 aromatic rings. The number of para-hydroxylation sites is 1. The molecule has 0 saturated carbocycles. The Labute approximate surface area is 167 Å². The monoisotopic (exact) mass is 356 g/mol. The molecule has 8 nitrogen and oxygen atoms in total. The molecule has 0 unspecified atom stereocenters. The van der Waals surface area contributed by atoms with Crippen molar-refractivity contribution in [3.05, 3.63) is 36.0 Å². The number of aromatic amines is 1. The van der Waals surface area contributed by atoms with Gasteiger partial charge in [0.1, 0.15) is 7.45 Å². The second kappa shape index (κ2) is 9.57. The molecule has 2 rings (SSSR count). The molecule has 1 heterocycles. The number of rotatable bonds is 9. The third kappa shape index (κ3) is 5.86. The van der Waals surface area contributed by atoms with E-state index in [9.17, 15) is 19.5 Å². The number of nitrogens with two attached hydrogens (primary N) is 1. The number of aromatic nitrogens is 1. The summed E-state index contributed by atoms with van der Waals surface area (Å²) in [6.07, 6.45) is 1.37. The number of nitrogens with one attached hydrogen (secondary N) is 2. The predicted molar refractivity (Wildman–Crippen MR) is 83.8 cm³/mol. The molecule has 5 N–H and O–H groups in total. The molecule has 1 amide bonds. The Kier molecular flexibility index (Phi) is 7.45. The molecule has 1 aromatic carbocycles. The van der Waals surface area contributed by atoms with Gasteiger partial charge in [-0.05, 0) is 18.1 Å². The summed E-state index contributed by atoms with van der Waals surface area (Å²) in [5.41, 5.74) is 3.40. The maximum Gasteiger partial charge on any atom is 1.00 e. The summed E-state index contributed by atoms with van der Waals surface area (Å²) in [6, 6.07) is 4.93. The number of carbonyl (C=O) groups excluding carboxylic acids is 2. The van der Waals surface area contributed by atoms with Gasteiger partial charge in [0.2, 0.25) is 5.91 Å². The van der Waals surface area contributed by atoms with Crippen LogP contribution in [0.4, 0.5) is 0 Å². The second-order valence-corrected chi connectivity index (χ2v) is 5.43. The molecule has 0 fully saturated rings. The van der Waals surface area contributed by atoms with Crippen LogP contribution in [0.1, 0.15) is 18.4 Å². The van der Waals surface area contributed by atoms with Crippen molar-refractivity contribution in [3.8, 4) is 0 Å². The van der Waals surface area contributed by atoms with Crippen LogP contribution in [-0.2, 0) is 20.8 Å². The SMILES string of the molecule is [2H]N[C@H](CCC(=O)N[C@@H](Cc1c[nH]c2ccccc12)C(=O)[O-])C(=O)O.[Na+]. The molecule has 0 aliphatic carbocycles. The number of aliphatic carboxylic acids is 2. The van der Waals surface area contributed by atoms with Gasteiger partial charge >= 0.3 is 35.5 Å². The van der Waals surface area contributed by atoms with Crippen molar-refractivity contribution in [1.29, 1.82) is 0 Å². The van der Waals surface area contributed by atoms with Gasteiger partial charge in [0.15, 0.2) is 0 Å². The van der Waals surface area contributed by atoms with Crippen molar-refractivity contribution in [1.82, 2.24) is 10.3 Å². The predicted octanol–water partition coefficient (Wildman–Crippen LogP) is -3.86. The van der Waals surface area contributed by atoms with E-state index in [1.807, 2.05) is 30.0 Å². The maximum absolute atomic E-state index is 11.9. The number of amides is 1. The van der Waals surface area contributed by atoms with E-state index in [1.165, 1.54) is 0 Å². The van der Waals surface area contributed by atoms with Gasteiger partial charge in [0.05, 0.1) is 12.0 Å². The van der Waals surface area contributed by atoms with Crippen LogP contribution >= 0.6 is 0 Å². The molecule has 25 heavy (non-hydrogen) atoms. The maximum atomic E-state index is 11.9. The first-order valence-electron chi connectivity index (χ1n) is 7.87. The Morgan fingerprint density at radius 3 is 2.72 bits per heavy atom. The molecular formula is C16H18N3NaO5. The van der Waals surface area contributed by atoms with Crippen LogP contribution < -0.4 is 45.7 Å². The van der Waals surface area contributed by atoms with Gasteiger partial charge in [-0.1, -0.05) is 18.2 Å². The Balaban J connectivity index is 0.00000338. The molecule has 9 heteroatoms. The summed E-state index contributed by atoms with van der Waals surface area (Å²) in [7, 11) is 0. The van der Waals surface area contributed by atoms with Gasteiger partial charge in [-0.15, -0.1) is 0 Å². The zero-order valence-electron chi connectivity index (χ0n) is 14.7. The van der Waals surface area contributed by atoms with Gasteiger partial charge in [-0.25, -0.2) is 0 Å². The smallest absolute Gasteiger partial charge is 0.548 e. The Morgan fingerprint density at radius 1 is 1.36 bits per heavy atom. The van der Waals surface area contributed by atoms with E-state index in [4.69, 9.17) is 6.52 Å². The van der Waals surface area contributed by atoms with Gasteiger partial charge in [0.25, 0.3) is 0 Å². The Morgan fingerprint density at radius 2 is 2.08 bits per heavy atom. The van der Waals surface area contributed by atoms with Crippen molar-refractivity contribution >= 4 is 28.7 Å². The standard InChI is InChI=1S/C16H19N3O5.Na/c17-11(15(21)22)5-6-14(20)19-13(16(23)24)7-9-8-18-12-4-2-1-3-10(9)12;/h1-4,8,11,13,18H,5-7,17H2,(H,19,20)(H,21,22)(H,23,24);/q;+1/p-1/t11-,13+;/m1./s1/i/hD. The number of hydrogen-bond donors (Lipinski definition) is 4. The van der Waals surface area contributed by atoms with E-state index < -0.39 is 29.9 Å². The summed E-state index contributed by atoms with van der Waals surface area (Å²) >= 11 is 0. The summed E-state index contributed by atoms with van der Waals surface area (Å²) in [4.78, 5) is 37.0. The average molecular weight is 356 g/mol. The third-order valence-corrected chi connectivity index (χ3v) is 3.68. The topological polar surface area (TPSA) is 148 Å². The fourth-order valence-corrected chi connectivity index (χ4v) is 2.38. The molecule has 128 valence electrons. The first-order chi connectivity index (χ1) is 11.9. The fourth-order valence-electron chi connectivity index (χ4n) is 2.38. The minimum Gasteiger partial charge on any atom is -0.548 e. The summed E-state index contributed by atoms with van der Waals surface area (Å²) in [6.45, 7) is 0. The van der Waals surface area contributed by atoms with Gasteiger partial charge in [-0.3, -0.25) is 9.59 Å². The number of fused-ring (bicyclic) bond motifs is 1. The van der Waals surface area contributed by atoms with Crippen molar-refractivity contribution in [2.24, 2.45) is 5.73 Å². The van der Waals surface area contributed by atoms with Crippen LogP contribution in [0.15, 0.2) is 30.5 Å². The zero-order chi connectivity index (χ0) is 18.4. The molecule has 0 aliphatic heterocycles. The van der Waals surface area contributed by atoms with E-state index in [0.717, 1.165) is 16.5 Å². The molecule has 0 saturated heterocycles. The van der Waals surface area contributed by atoms with Gasteiger partial charge < -0.3 is 31.0 Å². The van der Waals surface area contributed by atoms with Gasteiger partial charge in [-0.2, -0.15) is 0 Å². The molecule has 1 aromatic heterocycles. The molecule has 0 bridgehead atoms. The molecular weight excluding hydrogens is 337 g/mol. The Hall–Kier alpha value is -1.87. The number of carbonyl (C=O) groups is 3. The van der Waals surface area contributed by atoms with Crippen LogP contribution in [0.2, 0.25) is 1.41 Å². The van der Waals surface area contributed by atoms with Crippen LogP contribution in [0, 0.1) is 0 Å². The number of carboxylic acids is 2. The van der Waals surface area contributed by atoms with Crippen molar-refractivity contribution < 1.29 is 55.6 Å². The van der Waals surface area contributed by atoms with E-state index in [-0.39, 0.29) is 48.8 Å².